The lowest BCUT2D eigenvalue weighted by atomic mass is 9.44. The lowest BCUT2D eigenvalue weighted by Gasteiger charge is -2.58. The van der Waals surface area contributed by atoms with E-state index in [2.05, 4.69) is 101 Å². The summed E-state index contributed by atoms with van der Waals surface area (Å²) < 4.78 is 0. The molecule has 0 saturated heterocycles. The molecule has 4 aliphatic rings. The molecule has 0 N–H and O–H groups in total. The first-order chi connectivity index (χ1) is 13.5. The van der Waals surface area contributed by atoms with E-state index < -0.39 is 0 Å². The van der Waals surface area contributed by atoms with Crippen molar-refractivity contribution < 1.29 is 0 Å². The molecule has 2 aromatic carbocycles. The van der Waals surface area contributed by atoms with Gasteiger partial charge in [0.2, 0.25) is 0 Å². The van der Waals surface area contributed by atoms with Crippen molar-refractivity contribution in [3.63, 3.8) is 0 Å². The highest BCUT2D eigenvalue weighted by Gasteiger charge is 2.58. The highest BCUT2D eigenvalue weighted by atomic mass is 14.6. The van der Waals surface area contributed by atoms with Crippen LogP contribution in [0.25, 0.3) is 21.9 Å². The molecule has 2 atom stereocenters. The third-order valence-electron chi connectivity index (χ3n) is 8.03. The lowest BCUT2D eigenvalue weighted by Crippen LogP contribution is -2.47. The SMILES string of the molecule is Cc1c2c(c(C)c3ccccc13)C1=CC=CC3=CC=C4C=CC=C2[C@]4(C)[C@]31C. The Morgan fingerprint density at radius 3 is 1.46 bits per heavy atom. The van der Waals surface area contributed by atoms with Crippen LogP contribution in [0, 0.1) is 24.7 Å². The Bertz CT molecular complexity index is 1180. The van der Waals surface area contributed by atoms with E-state index in [0.29, 0.717) is 0 Å². The molecular formula is C28H24. The molecule has 0 saturated carbocycles. The predicted molar refractivity (Wildman–Crippen MR) is 120 cm³/mol. The van der Waals surface area contributed by atoms with Crippen LogP contribution >= 0.6 is 0 Å². The minimum Gasteiger partial charge on any atom is -0.0616 e. The van der Waals surface area contributed by atoms with Gasteiger partial charge in [-0.25, -0.2) is 0 Å². The maximum absolute atomic E-state index is 2.46. The van der Waals surface area contributed by atoms with Crippen LogP contribution in [0.1, 0.15) is 36.1 Å². The van der Waals surface area contributed by atoms with E-state index in [4.69, 9.17) is 0 Å². The van der Waals surface area contributed by atoms with E-state index in [-0.39, 0.29) is 10.8 Å². The molecule has 0 heteroatoms. The molecular weight excluding hydrogens is 336 g/mol. The zero-order chi connectivity index (χ0) is 19.3. The number of hydrogen-bond donors (Lipinski definition) is 0. The summed E-state index contributed by atoms with van der Waals surface area (Å²) in [5.41, 5.74) is 11.4. The fourth-order valence-electron chi connectivity index (χ4n) is 6.34. The highest BCUT2D eigenvalue weighted by molar-refractivity contribution is 6.05. The monoisotopic (exact) mass is 360 g/mol. The Kier molecular flexibility index (Phi) is 2.85. The largest absolute Gasteiger partial charge is 0.0616 e. The molecule has 136 valence electrons. The number of fused-ring (bicyclic) bond motifs is 4. The van der Waals surface area contributed by atoms with Crippen molar-refractivity contribution in [2.75, 3.05) is 0 Å². The Morgan fingerprint density at radius 1 is 0.607 bits per heavy atom. The third-order valence-corrected chi connectivity index (χ3v) is 8.03. The molecule has 4 aliphatic carbocycles. The van der Waals surface area contributed by atoms with E-state index in [1.54, 1.807) is 0 Å². The second-order valence-electron chi connectivity index (χ2n) is 8.92. The summed E-state index contributed by atoms with van der Waals surface area (Å²) in [6, 6.07) is 8.90. The van der Waals surface area contributed by atoms with Gasteiger partial charge in [-0.3, -0.25) is 0 Å². The van der Waals surface area contributed by atoms with E-state index in [9.17, 15) is 0 Å². The Labute approximate surface area is 167 Å². The van der Waals surface area contributed by atoms with Gasteiger partial charge < -0.3 is 0 Å². The Hall–Kier alpha value is -2.86. The number of hydrogen-bond acceptors (Lipinski definition) is 0. The van der Waals surface area contributed by atoms with Crippen molar-refractivity contribution in [2.45, 2.75) is 27.7 Å². The third kappa shape index (κ3) is 1.53. The summed E-state index contributed by atoms with van der Waals surface area (Å²) in [5.74, 6) is 0. The van der Waals surface area contributed by atoms with Crippen molar-refractivity contribution in [3.8, 4) is 0 Å². The van der Waals surface area contributed by atoms with Crippen molar-refractivity contribution in [1.29, 1.82) is 0 Å². The second kappa shape index (κ2) is 4.94. The van der Waals surface area contributed by atoms with Gasteiger partial charge in [0.05, 0.1) is 0 Å². The summed E-state index contributed by atoms with van der Waals surface area (Å²) in [6.45, 7) is 9.55. The molecule has 0 aromatic heterocycles. The van der Waals surface area contributed by atoms with Gasteiger partial charge in [-0.05, 0) is 69.2 Å². The quantitative estimate of drug-likeness (QED) is 0.464. The first-order valence-corrected chi connectivity index (χ1v) is 10.2. The molecule has 0 bridgehead atoms. The van der Waals surface area contributed by atoms with Crippen LogP contribution < -0.4 is 0 Å². The number of rotatable bonds is 0. The summed E-state index contributed by atoms with van der Waals surface area (Å²) in [6.07, 6.45) is 18.5. The van der Waals surface area contributed by atoms with Gasteiger partial charge in [0.15, 0.2) is 0 Å². The molecule has 0 radical (unpaired) electrons. The van der Waals surface area contributed by atoms with Crippen LogP contribution in [0.4, 0.5) is 0 Å². The molecule has 0 fully saturated rings. The minimum atomic E-state index is -0.0465. The average molecular weight is 361 g/mol. The average Bonchev–Trinajstić information content (AvgIpc) is 2.70. The second-order valence-corrected chi connectivity index (χ2v) is 8.92. The summed E-state index contributed by atoms with van der Waals surface area (Å²) >= 11 is 0. The first-order valence-electron chi connectivity index (χ1n) is 10.2. The minimum absolute atomic E-state index is 0.0465. The molecule has 0 aliphatic heterocycles. The van der Waals surface area contributed by atoms with Crippen molar-refractivity contribution in [2.24, 2.45) is 10.8 Å². The van der Waals surface area contributed by atoms with Crippen LogP contribution in [0.3, 0.4) is 0 Å². The van der Waals surface area contributed by atoms with E-state index >= 15 is 0 Å². The molecule has 0 unspecified atom stereocenters. The van der Waals surface area contributed by atoms with Crippen LogP contribution in [-0.2, 0) is 0 Å². The molecule has 2 aromatic rings. The summed E-state index contributed by atoms with van der Waals surface area (Å²) in [4.78, 5) is 0. The zero-order valence-electron chi connectivity index (χ0n) is 16.9. The predicted octanol–water partition coefficient (Wildman–Crippen LogP) is 7.26. The smallest absolute Gasteiger partial charge is 0.0315 e. The fourth-order valence-corrected chi connectivity index (χ4v) is 6.34. The van der Waals surface area contributed by atoms with Gasteiger partial charge in [0.1, 0.15) is 0 Å². The van der Waals surface area contributed by atoms with Crippen LogP contribution in [-0.4, -0.2) is 0 Å². The van der Waals surface area contributed by atoms with Crippen LogP contribution in [0.2, 0.25) is 0 Å². The molecule has 6 rings (SSSR count). The Balaban J connectivity index is 1.89. The Morgan fingerprint density at radius 2 is 1.04 bits per heavy atom. The maximum Gasteiger partial charge on any atom is 0.0315 e. The van der Waals surface area contributed by atoms with E-state index in [0.717, 1.165) is 0 Å². The molecule has 0 heterocycles. The first kappa shape index (κ1) is 16.1. The van der Waals surface area contributed by atoms with Gasteiger partial charge in [-0.2, -0.15) is 0 Å². The summed E-state index contributed by atoms with van der Waals surface area (Å²) in [7, 11) is 0. The van der Waals surface area contributed by atoms with Gasteiger partial charge >= 0.3 is 0 Å². The van der Waals surface area contributed by atoms with Crippen molar-refractivity contribution >= 4 is 21.9 Å². The molecule has 0 spiro atoms. The molecule has 28 heavy (non-hydrogen) atoms. The topological polar surface area (TPSA) is 0 Å². The van der Waals surface area contributed by atoms with Gasteiger partial charge in [-0.15, -0.1) is 0 Å². The van der Waals surface area contributed by atoms with Crippen LogP contribution in [0.15, 0.2) is 84.0 Å². The maximum atomic E-state index is 2.46. The zero-order valence-corrected chi connectivity index (χ0v) is 16.9. The standard InChI is InChI=1S/C28H24/c1-17-21-11-5-6-12-22(21)18(2)26-24-14-8-10-20-16-15-19-9-7-13-23(25(17)26)27(19,3)28(20,24)4/h5-16H,1-4H3/t27-,28-/m1/s1. The van der Waals surface area contributed by atoms with Gasteiger partial charge in [0.25, 0.3) is 0 Å². The number of allylic oxidation sites excluding steroid dienone is 12. The summed E-state index contributed by atoms with van der Waals surface area (Å²) in [5, 5.41) is 2.76. The molecule has 0 amide bonds. The normalized spacial score (nSPS) is 28.9. The van der Waals surface area contributed by atoms with Gasteiger partial charge in [-0.1, -0.05) is 86.7 Å². The number of benzene rings is 2. The number of aryl methyl sites for hydroxylation is 2. The highest BCUT2D eigenvalue weighted by Crippen LogP contribution is 2.70. The fraction of sp³-hybridized carbons (Fsp3) is 0.214. The molecule has 0 nitrogen and oxygen atoms in total. The lowest BCUT2D eigenvalue weighted by molar-refractivity contribution is 0.302. The van der Waals surface area contributed by atoms with Crippen molar-refractivity contribution in [3.05, 3.63) is 106 Å². The van der Waals surface area contributed by atoms with E-state index in [1.165, 1.54) is 55.3 Å². The van der Waals surface area contributed by atoms with Crippen LogP contribution in [0.5, 0.6) is 0 Å². The van der Waals surface area contributed by atoms with E-state index in [1.807, 2.05) is 0 Å². The van der Waals surface area contributed by atoms with Crippen molar-refractivity contribution in [1.82, 2.24) is 0 Å². The van der Waals surface area contributed by atoms with Gasteiger partial charge in [0, 0.05) is 10.8 Å².